The maximum atomic E-state index is 13.1. The van der Waals surface area contributed by atoms with Gasteiger partial charge in [-0.25, -0.2) is 4.39 Å². The van der Waals surface area contributed by atoms with Crippen LogP contribution in [0.3, 0.4) is 0 Å². The van der Waals surface area contributed by atoms with E-state index in [-0.39, 0.29) is 29.8 Å². The Morgan fingerprint density at radius 1 is 1.21 bits per heavy atom. The van der Waals surface area contributed by atoms with Crippen LogP contribution in [0.2, 0.25) is 0 Å². The molecule has 1 fully saturated rings. The van der Waals surface area contributed by atoms with Gasteiger partial charge in [0.25, 0.3) is 0 Å². The molecule has 0 radical (unpaired) electrons. The number of anilines is 1. The molecule has 2 heterocycles. The first-order valence-corrected chi connectivity index (χ1v) is 9.67. The maximum Gasteiger partial charge on any atom is 0.194 e. The van der Waals surface area contributed by atoms with Crippen LogP contribution in [0.1, 0.15) is 13.8 Å². The second-order valence-electron chi connectivity index (χ2n) is 6.98. The van der Waals surface area contributed by atoms with E-state index in [1.807, 2.05) is 29.1 Å². The van der Waals surface area contributed by atoms with Crippen LogP contribution in [0.15, 0.2) is 47.7 Å². The molecule has 154 valence electrons. The minimum Gasteiger partial charge on any atom is -0.368 e. The van der Waals surface area contributed by atoms with Crippen molar-refractivity contribution in [2.24, 2.45) is 10.9 Å². The topological polar surface area (TPSA) is 48.7 Å². The number of halogens is 2. The lowest BCUT2D eigenvalue weighted by Crippen LogP contribution is -2.52. The van der Waals surface area contributed by atoms with Gasteiger partial charge >= 0.3 is 0 Å². The second-order valence-corrected chi connectivity index (χ2v) is 6.98. The van der Waals surface area contributed by atoms with Gasteiger partial charge in [0.2, 0.25) is 0 Å². The van der Waals surface area contributed by atoms with Gasteiger partial charge in [-0.15, -0.1) is 24.0 Å². The van der Waals surface area contributed by atoms with Gasteiger partial charge in [-0.1, -0.05) is 6.92 Å². The summed E-state index contributed by atoms with van der Waals surface area (Å²) in [5.41, 5.74) is 1.07. The fourth-order valence-corrected chi connectivity index (χ4v) is 3.28. The van der Waals surface area contributed by atoms with Crippen LogP contribution < -0.4 is 10.2 Å². The van der Waals surface area contributed by atoms with Crippen molar-refractivity contribution in [3.8, 4) is 0 Å². The number of aliphatic imine (C=N–C) groups is 1. The van der Waals surface area contributed by atoms with E-state index in [1.165, 1.54) is 12.1 Å². The molecule has 1 aliphatic rings. The third-order valence-corrected chi connectivity index (χ3v) is 4.72. The van der Waals surface area contributed by atoms with Crippen molar-refractivity contribution in [3.05, 3.63) is 48.5 Å². The average Bonchev–Trinajstić information content (AvgIpc) is 3.19. The summed E-state index contributed by atoms with van der Waals surface area (Å²) in [7, 11) is 0. The number of guanidine groups is 1. The summed E-state index contributed by atoms with van der Waals surface area (Å²) in [5.74, 6) is 1.20. The van der Waals surface area contributed by atoms with E-state index >= 15 is 0 Å². The Balaban J connectivity index is 0.00000280. The minimum atomic E-state index is -0.191. The summed E-state index contributed by atoms with van der Waals surface area (Å²) in [4.78, 5) is 9.45. The molecule has 0 aliphatic carbocycles. The number of nitrogens with zero attached hydrogens (tertiary/aromatic N) is 5. The molecule has 1 saturated heterocycles. The van der Waals surface area contributed by atoms with Crippen LogP contribution in [-0.4, -0.2) is 59.9 Å². The van der Waals surface area contributed by atoms with E-state index in [1.54, 1.807) is 6.20 Å². The normalized spacial score (nSPS) is 15.9. The molecule has 1 N–H and O–H groups in total. The summed E-state index contributed by atoms with van der Waals surface area (Å²) < 4.78 is 15.1. The molecule has 28 heavy (non-hydrogen) atoms. The summed E-state index contributed by atoms with van der Waals surface area (Å²) >= 11 is 0. The molecule has 1 aromatic heterocycles. The third-order valence-electron chi connectivity index (χ3n) is 4.72. The zero-order chi connectivity index (χ0) is 19.1. The molecule has 0 saturated carbocycles. The molecule has 3 rings (SSSR count). The molecule has 0 bridgehead atoms. The third kappa shape index (κ3) is 6.35. The Bertz CT molecular complexity index is 711. The molecule has 2 aromatic rings. The standard InChI is InChI=1S/C20H29FN6.HI/c1-3-22-20(23-15-17(2)16-27-10-4-9-24-27)26-13-11-25(12-14-26)19-7-5-18(21)6-8-19;/h4-10,17H,3,11-16H2,1-2H3,(H,22,23);1H. The lowest BCUT2D eigenvalue weighted by Gasteiger charge is -2.37. The predicted octanol–water partition coefficient (Wildman–Crippen LogP) is 3.06. The van der Waals surface area contributed by atoms with Gasteiger partial charge in [0, 0.05) is 63.9 Å². The lowest BCUT2D eigenvalue weighted by atomic mass is 10.2. The van der Waals surface area contributed by atoms with Gasteiger partial charge < -0.3 is 15.1 Å². The van der Waals surface area contributed by atoms with Gasteiger partial charge in [0.15, 0.2) is 5.96 Å². The Morgan fingerprint density at radius 2 is 1.93 bits per heavy atom. The Morgan fingerprint density at radius 3 is 2.54 bits per heavy atom. The van der Waals surface area contributed by atoms with Crippen molar-refractivity contribution < 1.29 is 4.39 Å². The summed E-state index contributed by atoms with van der Waals surface area (Å²) in [5, 5.41) is 7.68. The molecular weight excluding hydrogens is 470 g/mol. The van der Waals surface area contributed by atoms with E-state index < -0.39 is 0 Å². The van der Waals surface area contributed by atoms with E-state index in [0.29, 0.717) is 5.92 Å². The smallest absolute Gasteiger partial charge is 0.194 e. The van der Waals surface area contributed by atoms with E-state index in [0.717, 1.165) is 57.5 Å². The Kier molecular flexibility index (Phi) is 9.01. The monoisotopic (exact) mass is 500 g/mol. The van der Waals surface area contributed by atoms with Gasteiger partial charge in [0.05, 0.1) is 0 Å². The zero-order valence-corrected chi connectivity index (χ0v) is 18.9. The highest BCUT2D eigenvalue weighted by Gasteiger charge is 2.20. The van der Waals surface area contributed by atoms with E-state index in [9.17, 15) is 4.39 Å². The largest absolute Gasteiger partial charge is 0.368 e. The van der Waals surface area contributed by atoms with Gasteiger partial charge in [0.1, 0.15) is 5.82 Å². The van der Waals surface area contributed by atoms with Crippen LogP contribution in [0.5, 0.6) is 0 Å². The van der Waals surface area contributed by atoms with E-state index in [4.69, 9.17) is 4.99 Å². The molecule has 8 heteroatoms. The van der Waals surface area contributed by atoms with Crippen LogP contribution >= 0.6 is 24.0 Å². The fourth-order valence-electron chi connectivity index (χ4n) is 3.28. The first-order chi connectivity index (χ1) is 13.2. The summed E-state index contributed by atoms with van der Waals surface area (Å²) in [6.07, 6.45) is 3.79. The molecule has 1 aliphatic heterocycles. The number of piperazine rings is 1. The maximum absolute atomic E-state index is 13.1. The average molecular weight is 500 g/mol. The van der Waals surface area contributed by atoms with E-state index in [2.05, 4.69) is 34.1 Å². The summed E-state index contributed by atoms with van der Waals surface area (Å²) in [6.45, 7) is 10.4. The number of nitrogens with one attached hydrogen (secondary N) is 1. The quantitative estimate of drug-likeness (QED) is 0.377. The highest BCUT2D eigenvalue weighted by Crippen LogP contribution is 2.17. The molecule has 1 aromatic carbocycles. The Hall–Kier alpha value is -1.84. The highest BCUT2D eigenvalue weighted by atomic mass is 127. The minimum absolute atomic E-state index is 0. The van der Waals surface area contributed by atoms with Crippen molar-refractivity contribution in [2.75, 3.05) is 44.2 Å². The van der Waals surface area contributed by atoms with Crippen molar-refractivity contribution in [3.63, 3.8) is 0 Å². The molecular formula is C20H30FIN6. The number of aromatic nitrogens is 2. The Labute approximate surface area is 183 Å². The number of hydrogen-bond donors (Lipinski definition) is 1. The SMILES string of the molecule is CCNC(=NCC(C)Cn1cccn1)N1CCN(c2ccc(F)cc2)CC1.I. The van der Waals surface area contributed by atoms with Crippen LogP contribution in [0.4, 0.5) is 10.1 Å². The summed E-state index contributed by atoms with van der Waals surface area (Å²) in [6, 6.07) is 8.69. The first kappa shape index (κ1) is 22.4. The zero-order valence-electron chi connectivity index (χ0n) is 16.6. The lowest BCUT2D eigenvalue weighted by molar-refractivity contribution is 0.369. The van der Waals surface area contributed by atoms with Crippen LogP contribution in [-0.2, 0) is 6.54 Å². The van der Waals surface area contributed by atoms with Crippen molar-refractivity contribution in [1.82, 2.24) is 20.0 Å². The van der Waals surface area contributed by atoms with Crippen molar-refractivity contribution >= 4 is 35.6 Å². The molecule has 1 atom stereocenters. The molecule has 6 nitrogen and oxygen atoms in total. The van der Waals surface area contributed by atoms with Gasteiger partial charge in [-0.3, -0.25) is 9.67 Å². The number of benzene rings is 1. The predicted molar refractivity (Wildman–Crippen MR) is 123 cm³/mol. The number of hydrogen-bond acceptors (Lipinski definition) is 3. The second kappa shape index (κ2) is 11.2. The number of rotatable bonds is 6. The van der Waals surface area contributed by atoms with Crippen molar-refractivity contribution in [2.45, 2.75) is 20.4 Å². The molecule has 0 amide bonds. The van der Waals surface area contributed by atoms with Gasteiger partial charge in [-0.2, -0.15) is 5.10 Å². The van der Waals surface area contributed by atoms with Crippen LogP contribution in [0, 0.1) is 11.7 Å². The fraction of sp³-hybridized carbons (Fsp3) is 0.500. The first-order valence-electron chi connectivity index (χ1n) is 9.67. The van der Waals surface area contributed by atoms with Gasteiger partial charge in [-0.05, 0) is 43.2 Å². The van der Waals surface area contributed by atoms with Crippen molar-refractivity contribution in [1.29, 1.82) is 0 Å². The van der Waals surface area contributed by atoms with Crippen LogP contribution in [0.25, 0.3) is 0 Å². The molecule has 1 unspecified atom stereocenters. The highest BCUT2D eigenvalue weighted by molar-refractivity contribution is 14.0. The molecule has 0 spiro atoms.